The molecule has 0 aliphatic rings. The van der Waals surface area contributed by atoms with Crippen molar-refractivity contribution in [2.75, 3.05) is 26.9 Å². The Morgan fingerprint density at radius 2 is 2.00 bits per heavy atom. The van der Waals surface area contributed by atoms with Crippen molar-refractivity contribution in [2.24, 2.45) is 0 Å². The van der Waals surface area contributed by atoms with E-state index in [1.165, 1.54) is 13.2 Å². The summed E-state index contributed by atoms with van der Waals surface area (Å²) in [7, 11) is 1.44. The first kappa shape index (κ1) is 16.7. The molecule has 0 saturated heterocycles. The van der Waals surface area contributed by atoms with E-state index >= 15 is 0 Å². The van der Waals surface area contributed by atoms with Crippen LogP contribution in [0.25, 0.3) is 0 Å². The molecule has 0 spiro atoms. The fourth-order valence-corrected chi connectivity index (χ4v) is 1.63. The molecule has 0 aliphatic carbocycles. The van der Waals surface area contributed by atoms with Gasteiger partial charge in [-0.05, 0) is 13.0 Å². The van der Waals surface area contributed by atoms with E-state index in [0.717, 1.165) is 0 Å². The number of hydrogen-bond donors (Lipinski definition) is 1. The molecule has 0 heterocycles. The van der Waals surface area contributed by atoms with Crippen LogP contribution < -0.4 is 10.1 Å². The van der Waals surface area contributed by atoms with Crippen LogP contribution in [0.3, 0.4) is 0 Å². The summed E-state index contributed by atoms with van der Waals surface area (Å²) in [5.41, 5.74) is 0.418. The zero-order chi connectivity index (χ0) is 15.2. The van der Waals surface area contributed by atoms with Crippen molar-refractivity contribution in [3.05, 3.63) is 29.6 Å². The Kier molecular flexibility index (Phi) is 6.22. The molecule has 7 heteroatoms. The van der Waals surface area contributed by atoms with Crippen LogP contribution in [0.15, 0.2) is 18.2 Å². The van der Waals surface area contributed by atoms with Crippen molar-refractivity contribution in [2.45, 2.75) is 19.1 Å². The zero-order valence-electron chi connectivity index (χ0n) is 11.3. The zero-order valence-corrected chi connectivity index (χ0v) is 11.3. The van der Waals surface area contributed by atoms with Gasteiger partial charge in [0.1, 0.15) is 18.2 Å². The van der Waals surface area contributed by atoms with Crippen molar-refractivity contribution in [1.29, 1.82) is 0 Å². The van der Waals surface area contributed by atoms with Gasteiger partial charge in [0.2, 0.25) is 0 Å². The summed E-state index contributed by atoms with van der Waals surface area (Å²) in [6.07, 6.45) is -4.33. The van der Waals surface area contributed by atoms with E-state index in [9.17, 15) is 17.6 Å². The van der Waals surface area contributed by atoms with E-state index in [4.69, 9.17) is 4.74 Å². The minimum absolute atomic E-state index is 0.0956. The lowest BCUT2D eigenvalue weighted by atomic mass is 10.1. The van der Waals surface area contributed by atoms with Gasteiger partial charge < -0.3 is 14.8 Å². The van der Waals surface area contributed by atoms with Crippen LogP contribution in [-0.4, -0.2) is 33.0 Å². The van der Waals surface area contributed by atoms with E-state index in [1.54, 1.807) is 19.1 Å². The predicted octanol–water partition coefficient (Wildman–Crippen LogP) is 3.06. The number of alkyl halides is 3. The molecule has 0 radical (unpaired) electrons. The molecule has 1 unspecified atom stereocenters. The van der Waals surface area contributed by atoms with Gasteiger partial charge in [0, 0.05) is 24.2 Å². The lowest BCUT2D eigenvalue weighted by Crippen LogP contribution is -2.26. The summed E-state index contributed by atoms with van der Waals surface area (Å²) >= 11 is 0. The summed E-state index contributed by atoms with van der Waals surface area (Å²) in [6, 6.07) is 4.11. The fourth-order valence-electron chi connectivity index (χ4n) is 1.63. The number of halogens is 4. The smallest absolute Gasteiger partial charge is 0.411 e. The predicted molar refractivity (Wildman–Crippen MR) is 66.2 cm³/mol. The highest BCUT2D eigenvalue weighted by Gasteiger charge is 2.27. The largest absolute Gasteiger partial charge is 0.497 e. The first-order valence-corrected chi connectivity index (χ1v) is 6.05. The summed E-state index contributed by atoms with van der Waals surface area (Å²) in [4.78, 5) is 0. The second kappa shape index (κ2) is 7.44. The Morgan fingerprint density at radius 3 is 2.55 bits per heavy atom. The van der Waals surface area contributed by atoms with Gasteiger partial charge in [0.25, 0.3) is 0 Å². The van der Waals surface area contributed by atoms with Gasteiger partial charge in [-0.25, -0.2) is 4.39 Å². The lowest BCUT2D eigenvalue weighted by Gasteiger charge is -2.16. The van der Waals surface area contributed by atoms with Crippen LogP contribution in [0, 0.1) is 5.82 Å². The van der Waals surface area contributed by atoms with E-state index < -0.39 is 18.6 Å². The molecule has 0 saturated carbocycles. The van der Waals surface area contributed by atoms with Crippen LogP contribution in [0.4, 0.5) is 17.6 Å². The highest BCUT2D eigenvalue weighted by atomic mass is 19.4. The first-order valence-electron chi connectivity index (χ1n) is 6.05. The summed E-state index contributed by atoms with van der Waals surface area (Å²) < 4.78 is 58.5. The number of hydrogen-bond acceptors (Lipinski definition) is 3. The summed E-state index contributed by atoms with van der Waals surface area (Å²) in [6.45, 7) is 0.541. The molecule has 1 atom stereocenters. The van der Waals surface area contributed by atoms with Crippen LogP contribution >= 0.6 is 0 Å². The summed E-state index contributed by atoms with van der Waals surface area (Å²) in [5.74, 6) is -0.0208. The minimum Gasteiger partial charge on any atom is -0.497 e. The topological polar surface area (TPSA) is 30.5 Å². The normalized spacial score (nSPS) is 13.3. The number of ether oxygens (including phenoxy) is 2. The fraction of sp³-hybridized carbons (Fsp3) is 0.538. The third-order valence-electron chi connectivity index (χ3n) is 2.64. The maximum absolute atomic E-state index is 13.7. The third-order valence-corrected chi connectivity index (χ3v) is 2.64. The van der Waals surface area contributed by atoms with Crippen molar-refractivity contribution >= 4 is 0 Å². The Bertz CT molecular complexity index is 423. The highest BCUT2D eigenvalue weighted by Crippen LogP contribution is 2.21. The maximum atomic E-state index is 13.7. The second-order valence-corrected chi connectivity index (χ2v) is 4.23. The third kappa shape index (κ3) is 5.75. The number of rotatable bonds is 7. The number of benzene rings is 1. The average Bonchev–Trinajstić information content (AvgIpc) is 2.36. The van der Waals surface area contributed by atoms with Crippen LogP contribution in [0.1, 0.15) is 18.5 Å². The average molecular weight is 295 g/mol. The molecule has 20 heavy (non-hydrogen) atoms. The molecular formula is C13H17F4NO2. The van der Waals surface area contributed by atoms with E-state index in [2.05, 4.69) is 10.1 Å². The second-order valence-electron chi connectivity index (χ2n) is 4.23. The Balaban J connectivity index is 2.38. The molecule has 3 nitrogen and oxygen atoms in total. The van der Waals surface area contributed by atoms with Crippen LogP contribution in [0.5, 0.6) is 5.75 Å². The lowest BCUT2D eigenvalue weighted by molar-refractivity contribution is -0.173. The van der Waals surface area contributed by atoms with E-state index in [0.29, 0.717) is 11.3 Å². The number of methoxy groups -OCH3 is 1. The van der Waals surface area contributed by atoms with Gasteiger partial charge >= 0.3 is 6.18 Å². The van der Waals surface area contributed by atoms with E-state index in [1.807, 2.05) is 0 Å². The molecule has 0 aromatic heterocycles. The van der Waals surface area contributed by atoms with Crippen molar-refractivity contribution < 1.29 is 27.0 Å². The Labute approximate surface area is 114 Å². The molecule has 0 bridgehead atoms. The van der Waals surface area contributed by atoms with Gasteiger partial charge in [-0.15, -0.1) is 0 Å². The van der Waals surface area contributed by atoms with Crippen molar-refractivity contribution in [1.82, 2.24) is 5.32 Å². The van der Waals surface area contributed by atoms with Crippen molar-refractivity contribution in [3.8, 4) is 5.75 Å². The summed E-state index contributed by atoms with van der Waals surface area (Å²) in [5, 5.41) is 2.89. The standard InChI is InChI=1S/C13H17F4NO2/c1-9(18-5-6-20-8-13(15,16)17)11-4-3-10(19-2)7-12(11)14/h3-4,7,9,18H,5-6,8H2,1-2H3. The van der Waals surface area contributed by atoms with Gasteiger partial charge in [-0.1, -0.05) is 6.07 Å². The van der Waals surface area contributed by atoms with Gasteiger partial charge in [-0.3, -0.25) is 0 Å². The quantitative estimate of drug-likeness (QED) is 0.619. The molecule has 0 fully saturated rings. The molecule has 1 rings (SSSR count). The molecule has 0 amide bonds. The monoisotopic (exact) mass is 295 g/mol. The van der Waals surface area contributed by atoms with Crippen molar-refractivity contribution in [3.63, 3.8) is 0 Å². The molecule has 1 aromatic carbocycles. The highest BCUT2D eigenvalue weighted by molar-refractivity contribution is 5.30. The van der Waals surface area contributed by atoms with Gasteiger partial charge in [0.15, 0.2) is 0 Å². The van der Waals surface area contributed by atoms with Gasteiger partial charge in [0.05, 0.1) is 13.7 Å². The Hall–Kier alpha value is -1.34. The molecular weight excluding hydrogens is 278 g/mol. The molecule has 0 aliphatic heterocycles. The molecule has 1 N–H and O–H groups in total. The minimum atomic E-state index is -4.33. The maximum Gasteiger partial charge on any atom is 0.411 e. The first-order chi connectivity index (χ1) is 9.33. The Morgan fingerprint density at radius 1 is 1.30 bits per heavy atom. The SMILES string of the molecule is COc1ccc(C(C)NCCOCC(F)(F)F)c(F)c1. The van der Waals surface area contributed by atoms with E-state index in [-0.39, 0.29) is 19.2 Å². The molecule has 114 valence electrons. The van der Waals surface area contributed by atoms with Crippen LogP contribution in [-0.2, 0) is 4.74 Å². The van der Waals surface area contributed by atoms with Crippen LogP contribution in [0.2, 0.25) is 0 Å². The molecule has 1 aromatic rings. The van der Waals surface area contributed by atoms with Gasteiger partial charge in [-0.2, -0.15) is 13.2 Å². The number of nitrogens with one attached hydrogen (secondary N) is 1.